The van der Waals surface area contributed by atoms with Crippen LogP contribution < -0.4 is 32.4 Å². The molecule has 2 heterocycles. The molecule has 44 heavy (non-hydrogen) atoms. The average Bonchev–Trinajstić information content (AvgIpc) is 3.57. The van der Waals surface area contributed by atoms with E-state index < -0.39 is 23.6 Å². The van der Waals surface area contributed by atoms with Crippen LogP contribution in [0, 0.1) is 11.8 Å². The highest BCUT2D eigenvalue weighted by Crippen LogP contribution is 2.68. The third kappa shape index (κ3) is 8.43. The highest BCUT2D eigenvalue weighted by molar-refractivity contribution is 8.26. The largest absolute Gasteiger partial charge is 0.491 e. The number of carbonyl (C=O) groups is 4. The number of amides is 4. The zero-order valence-corrected chi connectivity index (χ0v) is 28.9. The van der Waals surface area contributed by atoms with Crippen molar-refractivity contribution in [3.05, 3.63) is 19.6 Å². The predicted molar refractivity (Wildman–Crippen MR) is 178 cm³/mol. The standard InChI is InChI=1S/C30H42N4O6S4/c1-5-9-11-15(7-3)13-39-19-21-23(43-29(41-21)17(25(31)35)26(32)36)20(40-14-16(8-4)12-10-6-2)24-22(19)42-30(44-24)18(27(33)37)28(34)38/h15-16H,5-14H2,1-4H3,(H2,31,35)(H2,32,36)(H2,33,37)(H2,34,38). The normalized spacial score (nSPS) is 14.9. The van der Waals surface area contributed by atoms with Crippen LogP contribution in [0.4, 0.5) is 0 Å². The van der Waals surface area contributed by atoms with E-state index in [0.717, 1.165) is 51.4 Å². The van der Waals surface area contributed by atoms with Crippen molar-refractivity contribution in [3.8, 4) is 11.5 Å². The summed E-state index contributed by atoms with van der Waals surface area (Å²) in [6.45, 7) is 9.38. The zero-order valence-electron chi connectivity index (χ0n) is 25.6. The first-order valence-electron chi connectivity index (χ1n) is 14.9. The van der Waals surface area contributed by atoms with Gasteiger partial charge in [0.25, 0.3) is 23.6 Å². The van der Waals surface area contributed by atoms with Gasteiger partial charge in [-0.1, -0.05) is 113 Å². The molecule has 1 aromatic rings. The Morgan fingerprint density at radius 3 is 1.09 bits per heavy atom. The Balaban J connectivity index is 2.24. The topological polar surface area (TPSA) is 191 Å². The second-order valence-electron chi connectivity index (χ2n) is 10.6. The summed E-state index contributed by atoms with van der Waals surface area (Å²) in [7, 11) is 0. The lowest BCUT2D eigenvalue weighted by atomic mass is 10.0. The third-order valence-electron chi connectivity index (χ3n) is 7.42. The molecular weight excluding hydrogens is 641 g/mol. The van der Waals surface area contributed by atoms with Gasteiger partial charge in [-0.25, -0.2) is 0 Å². The quantitative estimate of drug-likeness (QED) is 0.0856. The van der Waals surface area contributed by atoms with Crippen LogP contribution in [0.2, 0.25) is 0 Å². The van der Waals surface area contributed by atoms with Crippen molar-refractivity contribution in [2.75, 3.05) is 13.2 Å². The highest BCUT2D eigenvalue weighted by atomic mass is 32.2. The molecule has 8 N–H and O–H groups in total. The number of unbranched alkanes of at least 4 members (excludes halogenated alkanes) is 2. The van der Waals surface area contributed by atoms with Gasteiger partial charge in [-0.15, -0.1) is 0 Å². The second-order valence-corrected chi connectivity index (χ2v) is 15.2. The Morgan fingerprint density at radius 2 is 0.864 bits per heavy atom. The lowest BCUT2D eigenvalue weighted by Crippen LogP contribution is -2.26. The summed E-state index contributed by atoms with van der Waals surface area (Å²) in [5.41, 5.74) is 21.7. The van der Waals surface area contributed by atoms with Crippen LogP contribution in [0.3, 0.4) is 0 Å². The van der Waals surface area contributed by atoms with Gasteiger partial charge in [0.1, 0.15) is 22.6 Å². The number of ether oxygens (including phenoxy) is 2. The number of hydrogen-bond acceptors (Lipinski definition) is 10. The maximum atomic E-state index is 12.3. The maximum absolute atomic E-state index is 12.3. The number of fused-ring (bicyclic) bond motifs is 2. The first kappa shape index (κ1) is 36.1. The molecule has 3 rings (SSSR count). The minimum atomic E-state index is -0.921. The smallest absolute Gasteiger partial charge is 0.256 e. The molecule has 2 aliphatic rings. The molecule has 2 aliphatic heterocycles. The number of carbonyl (C=O) groups excluding carboxylic acids is 4. The molecule has 0 saturated carbocycles. The van der Waals surface area contributed by atoms with E-state index in [9.17, 15) is 19.2 Å². The van der Waals surface area contributed by atoms with Gasteiger partial charge in [0, 0.05) is 0 Å². The Bertz CT molecular complexity index is 1190. The molecule has 0 fully saturated rings. The van der Waals surface area contributed by atoms with Gasteiger partial charge in [0.05, 0.1) is 41.3 Å². The van der Waals surface area contributed by atoms with Crippen LogP contribution in [0.15, 0.2) is 39.2 Å². The van der Waals surface area contributed by atoms with E-state index in [-0.39, 0.29) is 11.1 Å². The lowest BCUT2D eigenvalue weighted by Gasteiger charge is -2.22. The summed E-state index contributed by atoms with van der Waals surface area (Å²) in [5.74, 6) is -2.07. The summed E-state index contributed by atoms with van der Waals surface area (Å²) >= 11 is 4.70. The molecule has 0 bridgehead atoms. The Hall–Kier alpha value is -2.42. The maximum Gasteiger partial charge on any atom is 0.256 e. The molecule has 1 aromatic carbocycles. The van der Waals surface area contributed by atoms with Crippen molar-refractivity contribution in [2.24, 2.45) is 34.8 Å². The van der Waals surface area contributed by atoms with Gasteiger partial charge >= 0.3 is 0 Å². The molecule has 2 unspecified atom stereocenters. The van der Waals surface area contributed by atoms with Crippen molar-refractivity contribution in [3.63, 3.8) is 0 Å². The first-order chi connectivity index (χ1) is 21.0. The summed E-state index contributed by atoms with van der Waals surface area (Å²) in [6, 6.07) is 0. The number of benzene rings is 1. The first-order valence-corrected chi connectivity index (χ1v) is 18.1. The van der Waals surface area contributed by atoms with Gasteiger partial charge in [0.15, 0.2) is 0 Å². The van der Waals surface area contributed by atoms with Crippen molar-refractivity contribution in [1.82, 2.24) is 0 Å². The van der Waals surface area contributed by atoms with E-state index >= 15 is 0 Å². The Morgan fingerprint density at radius 1 is 0.568 bits per heavy atom. The predicted octanol–water partition coefficient (Wildman–Crippen LogP) is 5.64. The van der Waals surface area contributed by atoms with E-state index in [1.807, 2.05) is 0 Å². The third-order valence-corrected chi connectivity index (χ3v) is 12.6. The molecule has 242 valence electrons. The van der Waals surface area contributed by atoms with Crippen molar-refractivity contribution < 1.29 is 28.7 Å². The average molecular weight is 683 g/mol. The second kappa shape index (κ2) is 16.8. The fourth-order valence-corrected chi connectivity index (χ4v) is 10.4. The van der Waals surface area contributed by atoms with Crippen molar-refractivity contribution >= 4 is 70.7 Å². The highest BCUT2D eigenvalue weighted by Gasteiger charge is 2.40. The summed E-state index contributed by atoms with van der Waals surface area (Å²) in [5, 5.41) is 0. The van der Waals surface area contributed by atoms with Gasteiger partial charge in [0.2, 0.25) is 0 Å². The summed E-state index contributed by atoms with van der Waals surface area (Å²) in [4.78, 5) is 51.7. The number of rotatable bonds is 18. The molecule has 0 radical (unpaired) electrons. The molecule has 10 nitrogen and oxygen atoms in total. The van der Waals surface area contributed by atoms with Crippen LogP contribution in [0.1, 0.15) is 79.1 Å². The van der Waals surface area contributed by atoms with Crippen LogP contribution in [0.5, 0.6) is 11.5 Å². The van der Waals surface area contributed by atoms with Gasteiger partial charge in [-0.2, -0.15) is 0 Å². The summed E-state index contributed by atoms with van der Waals surface area (Å²) < 4.78 is 13.8. The molecule has 4 amide bonds. The SMILES string of the molecule is CCCCC(CC)COc1c2c(c(OCC(CC)CCCC)c3c1SC(=C(C(N)=O)C(N)=O)S3)SC(=C(C(N)=O)C(N)=O)S2. The Labute approximate surface area is 276 Å². The molecule has 0 spiro atoms. The fourth-order valence-electron chi connectivity index (χ4n) is 4.71. The van der Waals surface area contributed by atoms with E-state index in [1.54, 1.807) is 0 Å². The summed E-state index contributed by atoms with van der Waals surface area (Å²) in [6.07, 6.45) is 8.10. The van der Waals surface area contributed by atoms with E-state index in [2.05, 4.69) is 27.7 Å². The fraction of sp³-hybridized carbons (Fsp3) is 0.533. The minimum Gasteiger partial charge on any atom is -0.491 e. The van der Waals surface area contributed by atoms with Crippen LogP contribution in [0.25, 0.3) is 0 Å². The molecule has 0 aromatic heterocycles. The van der Waals surface area contributed by atoms with Crippen molar-refractivity contribution in [1.29, 1.82) is 0 Å². The molecule has 2 atom stereocenters. The van der Waals surface area contributed by atoms with E-state index in [4.69, 9.17) is 32.4 Å². The van der Waals surface area contributed by atoms with Gasteiger partial charge < -0.3 is 32.4 Å². The number of hydrogen-bond donors (Lipinski definition) is 4. The molecule has 0 aliphatic carbocycles. The molecular formula is C30H42N4O6S4. The van der Waals surface area contributed by atoms with Crippen LogP contribution in [-0.4, -0.2) is 36.8 Å². The van der Waals surface area contributed by atoms with Crippen LogP contribution >= 0.6 is 47.0 Å². The zero-order chi connectivity index (χ0) is 32.6. The number of thioether (sulfide) groups is 4. The lowest BCUT2D eigenvalue weighted by molar-refractivity contribution is -0.122. The number of nitrogens with two attached hydrogens (primary N) is 4. The van der Waals surface area contributed by atoms with E-state index in [0.29, 0.717) is 64.6 Å². The van der Waals surface area contributed by atoms with Gasteiger partial charge in [-0.3, -0.25) is 19.2 Å². The minimum absolute atomic E-state index is 0.289. The van der Waals surface area contributed by atoms with Crippen LogP contribution in [-0.2, 0) is 19.2 Å². The molecule has 0 saturated heterocycles. The number of primary amides is 4. The Kier molecular flexibility index (Phi) is 13.7. The van der Waals surface area contributed by atoms with E-state index in [1.165, 1.54) is 47.0 Å². The molecule has 14 heteroatoms. The van der Waals surface area contributed by atoms with Gasteiger partial charge in [-0.05, 0) is 24.7 Å². The van der Waals surface area contributed by atoms with Crippen molar-refractivity contribution in [2.45, 2.75) is 98.6 Å². The monoisotopic (exact) mass is 682 g/mol.